The van der Waals surface area contributed by atoms with Crippen LogP contribution in [0.15, 0.2) is 28.8 Å². The highest BCUT2D eigenvalue weighted by Crippen LogP contribution is 2.51. The van der Waals surface area contributed by atoms with Gasteiger partial charge in [0.15, 0.2) is 11.5 Å². The number of nitrogens with one attached hydrogen (secondary N) is 1. The molecule has 0 aromatic heterocycles. The largest absolute Gasteiger partial charge is 0.493 e. The summed E-state index contributed by atoms with van der Waals surface area (Å²) >= 11 is 1.44. The molecule has 2 amide bonds. The van der Waals surface area contributed by atoms with Crippen LogP contribution < -0.4 is 14.8 Å². The number of carboxylic acid groups (broad SMARTS) is 1. The fourth-order valence-corrected chi connectivity index (χ4v) is 7.57. The number of thioether (sulfide) groups is 1. The molecule has 1 aromatic carbocycles. The number of carboxylic acids is 1. The van der Waals surface area contributed by atoms with E-state index in [0.29, 0.717) is 43.4 Å². The van der Waals surface area contributed by atoms with Gasteiger partial charge in [-0.3, -0.25) is 9.59 Å². The Morgan fingerprint density at radius 1 is 1.19 bits per heavy atom. The first kappa shape index (κ1) is 32.1. The predicted molar refractivity (Wildman–Crippen MR) is 158 cm³/mol. The van der Waals surface area contributed by atoms with Gasteiger partial charge in [-0.15, -0.1) is 11.8 Å². The van der Waals surface area contributed by atoms with Crippen molar-refractivity contribution < 1.29 is 38.8 Å². The topological polar surface area (TPSA) is 138 Å². The molecule has 2 fully saturated rings. The van der Waals surface area contributed by atoms with E-state index in [0.717, 1.165) is 25.0 Å². The van der Waals surface area contributed by atoms with E-state index in [9.17, 15) is 24.6 Å². The fraction of sp³-hybridized carbons (Fsp3) is 0.633. The van der Waals surface area contributed by atoms with Crippen LogP contribution in [-0.2, 0) is 25.5 Å². The van der Waals surface area contributed by atoms with Gasteiger partial charge >= 0.3 is 5.97 Å². The van der Waals surface area contributed by atoms with Crippen molar-refractivity contribution in [2.45, 2.75) is 63.0 Å². The highest BCUT2D eigenvalue weighted by Gasteiger charge is 2.60. The fourth-order valence-electron chi connectivity index (χ4n) is 6.09. The third-order valence-electron chi connectivity index (χ3n) is 8.39. The number of methoxy groups -OCH3 is 2. The summed E-state index contributed by atoms with van der Waals surface area (Å²) < 4.78 is 16.4. The Labute approximate surface area is 251 Å². The summed E-state index contributed by atoms with van der Waals surface area (Å²) in [7, 11) is 5.01. The maximum absolute atomic E-state index is 13.1. The summed E-state index contributed by atoms with van der Waals surface area (Å²) in [6.45, 7) is 5.59. The Hall–Kier alpha value is -2.80. The van der Waals surface area contributed by atoms with Crippen LogP contribution in [-0.4, -0.2) is 109 Å². The van der Waals surface area contributed by atoms with Crippen molar-refractivity contribution in [3.63, 3.8) is 0 Å². The Morgan fingerprint density at radius 3 is 2.60 bits per heavy atom. The van der Waals surface area contributed by atoms with Crippen molar-refractivity contribution in [3.8, 4) is 11.5 Å². The number of aliphatic hydroxyl groups excluding tert-OH is 1. The number of β-lactam (4-membered cyclic amide) rings is 1. The molecule has 0 saturated carbocycles. The Kier molecular flexibility index (Phi) is 10.8. The maximum Gasteiger partial charge on any atom is 0.353 e. The van der Waals surface area contributed by atoms with Crippen LogP contribution in [0.2, 0.25) is 0 Å². The van der Waals surface area contributed by atoms with E-state index in [2.05, 4.69) is 5.32 Å². The number of hydrogen-bond acceptors (Lipinski definition) is 9. The summed E-state index contributed by atoms with van der Waals surface area (Å²) in [5.41, 5.74) is 1.20. The standard InChI is InChI=1S/C30H43N3O8S/c1-17-25-24(18(2)34)29(36)33(25)26(30(37)38)27(17)42-20-15-21(31-16-20)28(35)32(3)11-13-41-12-7-6-8-19-9-10-22(39-4)23(14-19)40-5/h9-10,14,17-18,20-21,24-25,31,34H,6-8,11-13,15-16H2,1-5H3,(H,37,38)/t17-,18-,20+,21+,24-,25?/m1/s1. The number of benzene rings is 1. The van der Waals surface area contributed by atoms with Crippen molar-refractivity contribution in [1.29, 1.82) is 0 Å². The number of carbonyl (C=O) groups excluding carboxylic acids is 2. The molecular formula is C30H43N3O8S. The average molecular weight is 606 g/mol. The quantitative estimate of drug-likeness (QED) is 0.201. The molecule has 12 heteroatoms. The van der Waals surface area contributed by atoms with Crippen LogP contribution in [0, 0.1) is 11.8 Å². The van der Waals surface area contributed by atoms with Gasteiger partial charge in [0, 0.05) is 42.8 Å². The number of aryl methyl sites for hydroxylation is 1. The number of aliphatic carboxylic acids is 1. The first-order valence-corrected chi connectivity index (χ1v) is 15.4. The zero-order chi connectivity index (χ0) is 30.6. The molecule has 6 atom stereocenters. The smallest absolute Gasteiger partial charge is 0.353 e. The molecule has 0 spiro atoms. The Morgan fingerprint density at radius 2 is 1.93 bits per heavy atom. The molecule has 3 heterocycles. The van der Waals surface area contributed by atoms with Crippen LogP contribution >= 0.6 is 11.8 Å². The van der Waals surface area contributed by atoms with Crippen molar-refractivity contribution in [3.05, 3.63) is 34.4 Å². The second-order valence-corrected chi connectivity index (χ2v) is 12.6. The number of likely N-dealkylation sites (N-methyl/N-ethyl adjacent to an activating group) is 1. The lowest BCUT2D eigenvalue weighted by Gasteiger charge is -2.46. The zero-order valence-corrected chi connectivity index (χ0v) is 25.8. The molecule has 3 aliphatic heterocycles. The molecular weight excluding hydrogens is 562 g/mol. The number of unbranched alkanes of at least 4 members (excludes halogenated alkanes) is 1. The second kappa shape index (κ2) is 14.1. The number of ether oxygens (including phenoxy) is 3. The van der Waals surface area contributed by atoms with Gasteiger partial charge in [0.2, 0.25) is 11.8 Å². The molecule has 11 nitrogen and oxygen atoms in total. The molecule has 232 valence electrons. The van der Waals surface area contributed by atoms with Gasteiger partial charge < -0.3 is 39.5 Å². The van der Waals surface area contributed by atoms with E-state index in [1.54, 1.807) is 33.1 Å². The van der Waals surface area contributed by atoms with Crippen molar-refractivity contribution in [2.24, 2.45) is 11.8 Å². The van der Waals surface area contributed by atoms with Gasteiger partial charge in [0.25, 0.3) is 0 Å². The van der Waals surface area contributed by atoms with Gasteiger partial charge in [-0.05, 0) is 50.3 Å². The van der Waals surface area contributed by atoms with Gasteiger partial charge in [-0.2, -0.15) is 0 Å². The zero-order valence-electron chi connectivity index (χ0n) is 25.0. The average Bonchev–Trinajstić information content (AvgIpc) is 3.52. The lowest BCUT2D eigenvalue weighted by molar-refractivity contribution is -0.163. The van der Waals surface area contributed by atoms with E-state index in [1.165, 1.54) is 22.2 Å². The molecule has 4 rings (SSSR count). The number of aliphatic hydroxyl groups is 1. The Balaban J connectivity index is 1.17. The third-order valence-corrected chi connectivity index (χ3v) is 9.90. The summed E-state index contributed by atoms with van der Waals surface area (Å²) in [5, 5.41) is 23.2. The van der Waals surface area contributed by atoms with Crippen LogP contribution in [0.4, 0.5) is 0 Å². The highest BCUT2D eigenvalue weighted by atomic mass is 32.2. The summed E-state index contributed by atoms with van der Waals surface area (Å²) in [5.74, 6) is -0.826. The minimum absolute atomic E-state index is 0.000119. The van der Waals surface area contributed by atoms with Crippen LogP contribution in [0.25, 0.3) is 0 Å². The number of rotatable bonds is 15. The monoisotopic (exact) mass is 605 g/mol. The van der Waals surface area contributed by atoms with Crippen LogP contribution in [0.3, 0.4) is 0 Å². The van der Waals surface area contributed by atoms with Gasteiger partial charge in [0.05, 0.1) is 44.9 Å². The molecule has 42 heavy (non-hydrogen) atoms. The molecule has 1 aromatic rings. The van der Waals surface area contributed by atoms with Gasteiger partial charge in [-0.25, -0.2) is 4.79 Å². The predicted octanol–water partition coefficient (Wildman–Crippen LogP) is 2.12. The lowest BCUT2D eigenvalue weighted by Crippen LogP contribution is -2.63. The first-order valence-electron chi connectivity index (χ1n) is 14.5. The van der Waals surface area contributed by atoms with E-state index in [1.807, 2.05) is 25.1 Å². The molecule has 3 aliphatic rings. The minimum atomic E-state index is -1.14. The second-order valence-electron chi connectivity index (χ2n) is 11.2. The SMILES string of the molecule is COc1ccc(CCCCOCCN(C)C(=O)[C@@H]2C[C@H](SC3=C(C(=O)O)N4C(=O)[C@H]([C@@H](C)O)C4[C@H]3C)CN2)cc1OC. The summed E-state index contributed by atoms with van der Waals surface area (Å²) in [6.07, 6.45) is 2.52. The number of fused-ring (bicyclic) bond motifs is 1. The molecule has 1 unspecified atom stereocenters. The van der Waals surface area contributed by atoms with Gasteiger partial charge in [0.1, 0.15) is 5.70 Å². The summed E-state index contributed by atoms with van der Waals surface area (Å²) in [6, 6.07) is 5.24. The van der Waals surface area contributed by atoms with E-state index < -0.39 is 18.0 Å². The minimum Gasteiger partial charge on any atom is -0.493 e. The third kappa shape index (κ3) is 6.72. The van der Waals surface area contributed by atoms with Crippen LogP contribution in [0.1, 0.15) is 38.7 Å². The number of carbonyl (C=O) groups is 3. The number of amides is 2. The molecule has 3 N–H and O–H groups in total. The Bertz CT molecular complexity index is 1190. The maximum atomic E-state index is 13.1. The van der Waals surface area contributed by atoms with E-state index in [4.69, 9.17) is 14.2 Å². The highest BCUT2D eigenvalue weighted by molar-refractivity contribution is 8.03. The normalized spacial score (nSPS) is 25.7. The van der Waals surface area contributed by atoms with E-state index >= 15 is 0 Å². The lowest BCUT2D eigenvalue weighted by atomic mass is 9.79. The van der Waals surface area contributed by atoms with Crippen molar-refractivity contribution >= 4 is 29.5 Å². The van der Waals surface area contributed by atoms with Gasteiger partial charge in [-0.1, -0.05) is 13.0 Å². The summed E-state index contributed by atoms with van der Waals surface area (Å²) in [4.78, 5) is 41.4. The number of hydrogen-bond donors (Lipinski definition) is 3. The van der Waals surface area contributed by atoms with Crippen LogP contribution in [0.5, 0.6) is 11.5 Å². The van der Waals surface area contributed by atoms with Crippen molar-refractivity contribution in [2.75, 3.05) is 47.6 Å². The molecule has 2 saturated heterocycles. The van der Waals surface area contributed by atoms with Crippen molar-refractivity contribution in [1.82, 2.24) is 15.1 Å². The van der Waals surface area contributed by atoms with E-state index in [-0.39, 0.29) is 40.8 Å². The molecule has 0 bridgehead atoms. The first-order chi connectivity index (χ1) is 20.1. The number of nitrogens with zero attached hydrogens (tertiary/aromatic N) is 2. The molecule has 0 radical (unpaired) electrons. The molecule has 0 aliphatic carbocycles.